The number of unbranched alkanes of at least 4 members (excludes halogenated alkanes) is 2. The smallest absolute Gasteiger partial charge is 0.419 e. The van der Waals surface area contributed by atoms with Gasteiger partial charge in [0.05, 0.1) is 0 Å². The van der Waals surface area contributed by atoms with Crippen LogP contribution in [0, 0.1) is 23.5 Å². The van der Waals surface area contributed by atoms with Crippen LogP contribution in [0.1, 0.15) is 71.1 Å². The summed E-state index contributed by atoms with van der Waals surface area (Å²) in [5, 5.41) is 0. The van der Waals surface area contributed by atoms with Gasteiger partial charge >= 0.3 is 6.11 Å². The molecular weight excluding hydrogens is 356 g/mol. The Morgan fingerprint density at radius 2 is 1.67 bits per heavy atom. The Kier molecular flexibility index (Phi) is 8.65. The second-order valence-electron chi connectivity index (χ2n) is 7.60. The summed E-state index contributed by atoms with van der Waals surface area (Å²) in [5.41, 5.74) is 0. The predicted molar refractivity (Wildman–Crippen MR) is 99.9 cm³/mol. The molecule has 27 heavy (non-hydrogen) atoms. The summed E-state index contributed by atoms with van der Waals surface area (Å²) < 4.78 is 57.7. The van der Waals surface area contributed by atoms with Crippen molar-refractivity contribution in [3.05, 3.63) is 42.0 Å². The van der Waals surface area contributed by atoms with E-state index in [1.165, 1.54) is 51.0 Å². The SMILES string of the molecule is CCCC1CCC(CCCCC=CC(F)(F)Oc2ccc(F)c(F)c2)CC1. The molecule has 1 aliphatic rings. The van der Waals surface area contributed by atoms with Crippen molar-refractivity contribution in [2.75, 3.05) is 0 Å². The third-order valence-electron chi connectivity index (χ3n) is 5.35. The van der Waals surface area contributed by atoms with Crippen molar-refractivity contribution in [1.29, 1.82) is 0 Å². The van der Waals surface area contributed by atoms with Gasteiger partial charge in [0.2, 0.25) is 0 Å². The third-order valence-corrected chi connectivity index (χ3v) is 5.35. The highest BCUT2D eigenvalue weighted by Gasteiger charge is 2.27. The average Bonchev–Trinajstić information content (AvgIpc) is 2.62. The van der Waals surface area contributed by atoms with Crippen molar-refractivity contribution in [2.45, 2.75) is 77.2 Å². The molecule has 0 aromatic heterocycles. The fraction of sp³-hybridized carbons (Fsp3) is 0.636. The molecule has 1 aromatic rings. The van der Waals surface area contributed by atoms with Crippen LogP contribution in [0.2, 0.25) is 0 Å². The Labute approximate surface area is 159 Å². The number of hydrogen-bond donors (Lipinski definition) is 0. The first-order valence-electron chi connectivity index (χ1n) is 10.1. The van der Waals surface area contributed by atoms with Gasteiger partial charge in [-0.25, -0.2) is 8.78 Å². The van der Waals surface area contributed by atoms with Gasteiger partial charge in [-0.3, -0.25) is 0 Å². The Hall–Kier alpha value is -1.52. The molecule has 0 aliphatic heterocycles. The highest BCUT2D eigenvalue weighted by Crippen LogP contribution is 2.34. The molecule has 152 valence electrons. The average molecular weight is 386 g/mol. The third kappa shape index (κ3) is 7.94. The van der Waals surface area contributed by atoms with Crippen LogP contribution < -0.4 is 4.74 Å². The van der Waals surface area contributed by atoms with E-state index < -0.39 is 23.5 Å². The van der Waals surface area contributed by atoms with Crippen LogP contribution in [-0.4, -0.2) is 6.11 Å². The molecule has 2 rings (SSSR count). The molecule has 1 fully saturated rings. The molecule has 1 aromatic carbocycles. The molecule has 1 saturated carbocycles. The van der Waals surface area contributed by atoms with Gasteiger partial charge in [0.25, 0.3) is 0 Å². The first-order valence-corrected chi connectivity index (χ1v) is 10.1. The van der Waals surface area contributed by atoms with E-state index in [-0.39, 0.29) is 0 Å². The standard InChI is InChI=1S/C22H30F4O/c1-2-7-17-9-11-18(12-10-17)8-5-3-4-6-15-22(25,26)27-19-13-14-20(23)21(24)16-19/h6,13-18H,2-5,7-12H2,1H3. The number of alkyl halides is 2. The van der Waals surface area contributed by atoms with E-state index in [0.717, 1.165) is 36.8 Å². The summed E-state index contributed by atoms with van der Waals surface area (Å²) in [7, 11) is 0. The Bertz CT molecular complexity index is 592. The molecule has 0 bridgehead atoms. The summed E-state index contributed by atoms with van der Waals surface area (Å²) in [6.07, 6.45) is 10.1. The monoisotopic (exact) mass is 386 g/mol. The number of benzene rings is 1. The van der Waals surface area contributed by atoms with E-state index in [4.69, 9.17) is 0 Å². The van der Waals surface area contributed by atoms with Gasteiger partial charge in [-0.1, -0.05) is 64.4 Å². The van der Waals surface area contributed by atoms with E-state index in [2.05, 4.69) is 11.7 Å². The lowest BCUT2D eigenvalue weighted by molar-refractivity contribution is -0.131. The minimum absolute atomic E-state index is 0.401. The van der Waals surface area contributed by atoms with Crippen LogP contribution in [0.3, 0.4) is 0 Å². The van der Waals surface area contributed by atoms with Crippen molar-refractivity contribution in [3.8, 4) is 5.75 Å². The van der Waals surface area contributed by atoms with Gasteiger partial charge in [0.1, 0.15) is 5.75 Å². The number of halogens is 4. The van der Waals surface area contributed by atoms with E-state index in [9.17, 15) is 17.6 Å². The van der Waals surface area contributed by atoms with E-state index in [0.29, 0.717) is 18.6 Å². The zero-order chi connectivity index (χ0) is 19.7. The zero-order valence-electron chi connectivity index (χ0n) is 16.0. The predicted octanol–water partition coefficient (Wildman–Crippen LogP) is 7.66. The van der Waals surface area contributed by atoms with Crippen LogP contribution >= 0.6 is 0 Å². The van der Waals surface area contributed by atoms with Crippen LogP contribution in [0.4, 0.5) is 17.6 Å². The van der Waals surface area contributed by atoms with Crippen LogP contribution in [0.25, 0.3) is 0 Å². The fourth-order valence-electron chi connectivity index (χ4n) is 3.86. The molecule has 0 unspecified atom stereocenters. The minimum Gasteiger partial charge on any atom is -0.429 e. The molecule has 0 amide bonds. The highest BCUT2D eigenvalue weighted by atomic mass is 19.3. The lowest BCUT2D eigenvalue weighted by Gasteiger charge is -2.28. The Balaban J connectivity index is 1.62. The maximum atomic E-state index is 13.7. The summed E-state index contributed by atoms with van der Waals surface area (Å²) in [6.45, 7) is 2.24. The highest BCUT2D eigenvalue weighted by molar-refractivity contribution is 5.24. The zero-order valence-corrected chi connectivity index (χ0v) is 16.0. The van der Waals surface area contributed by atoms with Gasteiger partial charge < -0.3 is 4.74 Å². The molecule has 5 heteroatoms. The van der Waals surface area contributed by atoms with E-state index in [1.54, 1.807) is 0 Å². The molecule has 0 saturated heterocycles. The normalized spacial score (nSPS) is 20.9. The molecular formula is C22H30F4O. The van der Waals surface area contributed by atoms with Gasteiger partial charge in [-0.05, 0) is 36.8 Å². The number of rotatable bonds is 10. The van der Waals surface area contributed by atoms with Crippen molar-refractivity contribution in [3.63, 3.8) is 0 Å². The van der Waals surface area contributed by atoms with Gasteiger partial charge in [0, 0.05) is 12.1 Å². The lowest BCUT2D eigenvalue weighted by atomic mass is 9.78. The second-order valence-corrected chi connectivity index (χ2v) is 7.60. The number of hydrogen-bond acceptors (Lipinski definition) is 1. The first kappa shape index (κ1) is 21.8. The van der Waals surface area contributed by atoms with Crippen LogP contribution in [0.5, 0.6) is 5.75 Å². The number of ether oxygens (including phenoxy) is 1. The molecule has 0 atom stereocenters. The quantitative estimate of drug-likeness (QED) is 0.228. The van der Waals surface area contributed by atoms with Crippen molar-refractivity contribution in [2.24, 2.45) is 11.8 Å². The Morgan fingerprint density at radius 3 is 2.30 bits per heavy atom. The molecule has 1 nitrogen and oxygen atoms in total. The summed E-state index contributed by atoms with van der Waals surface area (Å²) >= 11 is 0. The summed E-state index contributed by atoms with van der Waals surface area (Å²) in [4.78, 5) is 0. The topological polar surface area (TPSA) is 9.23 Å². The van der Waals surface area contributed by atoms with Crippen LogP contribution in [0.15, 0.2) is 30.4 Å². The maximum absolute atomic E-state index is 13.7. The Morgan fingerprint density at radius 1 is 1.00 bits per heavy atom. The first-order chi connectivity index (χ1) is 12.9. The second kappa shape index (κ2) is 10.7. The minimum atomic E-state index is -3.54. The fourth-order valence-corrected chi connectivity index (χ4v) is 3.86. The summed E-state index contributed by atoms with van der Waals surface area (Å²) in [6, 6.07) is 2.36. The largest absolute Gasteiger partial charge is 0.429 e. The van der Waals surface area contributed by atoms with E-state index >= 15 is 0 Å². The van der Waals surface area contributed by atoms with Crippen molar-refractivity contribution < 1.29 is 22.3 Å². The maximum Gasteiger partial charge on any atom is 0.419 e. The molecule has 0 spiro atoms. The van der Waals surface area contributed by atoms with Gasteiger partial charge in [0.15, 0.2) is 11.6 Å². The van der Waals surface area contributed by atoms with Crippen LogP contribution in [-0.2, 0) is 0 Å². The van der Waals surface area contributed by atoms with Crippen molar-refractivity contribution >= 4 is 0 Å². The van der Waals surface area contributed by atoms with Gasteiger partial charge in [-0.15, -0.1) is 0 Å². The van der Waals surface area contributed by atoms with Gasteiger partial charge in [-0.2, -0.15) is 8.78 Å². The number of allylic oxidation sites excluding steroid dienone is 1. The lowest BCUT2D eigenvalue weighted by Crippen LogP contribution is -2.21. The van der Waals surface area contributed by atoms with Crippen molar-refractivity contribution in [1.82, 2.24) is 0 Å². The molecule has 0 N–H and O–H groups in total. The summed E-state index contributed by atoms with van der Waals surface area (Å²) in [5.74, 6) is -1.01. The molecule has 0 heterocycles. The molecule has 1 aliphatic carbocycles. The van der Waals surface area contributed by atoms with E-state index in [1.807, 2.05) is 0 Å². The molecule has 0 radical (unpaired) electrons.